The first-order valence-electron chi connectivity index (χ1n) is 7.63. The summed E-state index contributed by atoms with van der Waals surface area (Å²) in [4.78, 5) is 25.0. The predicted molar refractivity (Wildman–Crippen MR) is 85.7 cm³/mol. The van der Waals surface area contributed by atoms with Crippen molar-refractivity contribution in [1.82, 2.24) is 4.90 Å². The van der Waals surface area contributed by atoms with Crippen molar-refractivity contribution in [2.75, 3.05) is 25.4 Å². The summed E-state index contributed by atoms with van der Waals surface area (Å²) in [6.07, 6.45) is -5.51. The second-order valence-electron chi connectivity index (χ2n) is 5.64. The van der Waals surface area contributed by atoms with E-state index in [1.54, 1.807) is 24.3 Å². The molecule has 25 heavy (non-hydrogen) atoms. The van der Waals surface area contributed by atoms with Crippen LogP contribution in [-0.2, 0) is 9.59 Å². The Morgan fingerprint density at radius 1 is 1.32 bits per heavy atom. The number of halogens is 3. The lowest BCUT2D eigenvalue weighted by Crippen LogP contribution is -2.47. The number of alkyl halides is 3. The van der Waals surface area contributed by atoms with Gasteiger partial charge in [-0.25, -0.2) is 0 Å². The Balaban J connectivity index is 1.95. The van der Waals surface area contributed by atoms with Gasteiger partial charge in [0.15, 0.2) is 5.41 Å². The molecule has 0 bridgehead atoms. The summed E-state index contributed by atoms with van der Waals surface area (Å²) in [6, 6.07) is 6.99. The maximum absolute atomic E-state index is 13.1. The first kappa shape index (κ1) is 19.4. The van der Waals surface area contributed by atoms with Crippen LogP contribution in [0.3, 0.4) is 0 Å². The van der Waals surface area contributed by atoms with Gasteiger partial charge in [0.05, 0.1) is 12.4 Å². The van der Waals surface area contributed by atoms with Crippen LogP contribution in [0.4, 0.5) is 13.2 Å². The predicted octanol–water partition coefficient (Wildman–Crippen LogP) is 3.04. The van der Waals surface area contributed by atoms with Crippen LogP contribution >= 0.6 is 11.8 Å². The van der Waals surface area contributed by atoms with Crippen LogP contribution in [0.15, 0.2) is 29.2 Å². The Labute approximate surface area is 147 Å². The lowest BCUT2D eigenvalue weighted by atomic mass is 9.86. The molecular weight excluding hydrogens is 359 g/mol. The maximum Gasteiger partial charge on any atom is 0.406 e. The van der Waals surface area contributed by atoms with Crippen molar-refractivity contribution >= 4 is 23.6 Å². The monoisotopic (exact) mass is 377 g/mol. The molecule has 1 N–H and O–H groups in total. The van der Waals surface area contributed by atoms with E-state index in [4.69, 9.17) is 9.84 Å². The summed E-state index contributed by atoms with van der Waals surface area (Å²) >= 11 is 1.18. The molecule has 0 aliphatic carbocycles. The summed E-state index contributed by atoms with van der Waals surface area (Å²) in [5.41, 5.74) is -2.87. The topological polar surface area (TPSA) is 66.8 Å². The zero-order chi connectivity index (χ0) is 18.7. The highest BCUT2D eigenvalue weighted by atomic mass is 32.2. The Kier molecular flexibility index (Phi) is 5.87. The number of benzene rings is 1. The van der Waals surface area contributed by atoms with E-state index in [2.05, 4.69) is 0 Å². The molecule has 1 aromatic carbocycles. The summed E-state index contributed by atoms with van der Waals surface area (Å²) < 4.78 is 44.7. The smallest absolute Gasteiger partial charge is 0.406 e. The van der Waals surface area contributed by atoms with Gasteiger partial charge in [-0.1, -0.05) is 0 Å². The Bertz CT molecular complexity index is 635. The molecule has 1 unspecified atom stereocenters. The number of nitrogens with zero attached hydrogens (tertiary/aromatic N) is 1. The summed E-state index contributed by atoms with van der Waals surface area (Å²) in [6.45, 7) is 1.34. The number of rotatable bonds is 6. The zero-order valence-corrected chi connectivity index (χ0v) is 14.3. The number of thioether (sulfide) groups is 1. The average Bonchev–Trinajstić information content (AvgIpc) is 3.01. The standard InChI is InChI=1S/C16H18F3NO4S/c1-2-24-11-3-5-12(6-4-11)25-9-13(21)20-8-7-15(10-20,14(22)23)16(17,18)19/h3-6H,2,7-10H2,1H3,(H,22,23). The lowest BCUT2D eigenvalue weighted by molar-refractivity contribution is -0.227. The van der Waals surface area contributed by atoms with Gasteiger partial charge >= 0.3 is 12.1 Å². The molecule has 0 spiro atoms. The SMILES string of the molecule is CCOc1ccc(SCC(=O)N2CCC(C(=O)O)(C(F)(F)F)C2)cc1. The highest BCUT2D eigenvalue weighted by Crippen LogP contribution is 2.45. The molecule has 1 fully saturated rings. The summed E-state index contributed by atoms with van der Waals surface area (Å²) in [5, 5.41) is 9.00. The van der Waals surface area contributed by atoms with E-state index in [0.717, 1.165) is 9.80 Å². The number of carboxylic acids is 1. The van der Waals surface area contributed by atoms with Gasteiger partial charge in [0.1, 0.15) is 5.75 Å². The molecule has 1 amide bonds. The van der Waals surface area contributed by atoms with Gasteiger partial charge in [-0.2, -0.15) is 13.2 Å². The van der Waals surface area contributed by atoms with E-state index < -0.39 is 36.4 Å². The van der Waals surface area contributed by atoms with Crippen molar-refractivity contribution < 1.29 is 32.6 Å². The van der Waals surface area contributed by atoms with Crippen LogP contribution in [0.2, 0.25) is 0 Å². The van der Waals surface area contributed by atoms with Crippen LogP contribution < -0.4 is 4.74 Å². The first-order valence-corrected chi connectivity index (χ1v) is 8.62. The highest BCUT2D eigenvalue weighted by Gasteiger charge is 2.64. The number of ether oxygens (including phenoxy) is 1. The molecule has 2 rings (SSSR count). The minimum atomic E-state index is -4.89. The Morgan fingerprint density at radius 3 is 2.44 bits per heavy atom. The van der Waals surface area contributed by atoms with Gasteiger partial charge in [0, 0.05) is 18.0 Å². The van der Waals surface area contributed by atoms with Crippen LogP contribution in [0, 0.1) is 5.41 Å². The van der Waals surface area contributed by atoms with E-state index in [1.165, 1.54) is 11.8 Å². The van der Waals surface area contributed by atoms with Crippen LogP contribution in [-0.4, -0.2) is 53.5 Å². The van der Waals surface area contributed by atoms with Crippen LogP contribution in [0.25, 0.3) is 0 Å². The second kappa shape index (κ2) is 7.55. The van der Waals surface area contributed by atoms with Gasteiger partial charge in [-0.15, -0.1) is 11.8 Å². The number of carboxylic acid groups (broad SMARTS) is 1. The third-order valence-corrected chi connectivity index (χ3v) is 5.07. The summed E-state index contributed by atoms with van der Waals surface area (Å²) in [7, 11) is 0. The molecule has 0 saturated carbocycles. The Hall–Kier alpha value is -1.90. The number of carbonyl (C=O) groups is 2. The lowest BCUT2D eigenvalue weighted by Gasteiger charge is -2.27. The van der Waals surface area contributed by atoms with Gasteiger partial charge < -0.3 is 14.7 Å². The van der Waals surface area contributed by atoms with E-state index in [0.29, 0.717) is 12.4 Å². The third-order valence-electron chi connectivity index (χ3n) is 4.07. The van der Waals surface area contributed by atoms with Gasteiger partial charge in [-0.05, 0) is 37.6 Å². The molecule has 1 saturated heterocycles. The molecule has 0 aromatic heterocycles. The molecule has 0 radical (unpaired) electrons. The molecule has 5 nitrogen and oxygen atoms in total. The molecule has 1 aromatic rings. The minimum Gasteiger partial charge on any atom is -0.494 e. The number of hydrogen-bond donors (Lipinski definition) is 1. The largest absolute Gasteiger partial charge is 0.494 e. The van der Waals surface area contributed by atoms with Gasteiger partial charge in [0.2, 0.25) is 5.91 Å². The average molecular weight is 377 g/mol. The fraction of sp³-hybridized carbons (Fsp3) is 0.500. The number of likely N-dealkylation sites (tertiary alicyclic amines) is 1. The minimum absolute atomic E-state index is 0.0540. The van der Waals surface area contributed by atoms with Crippen molar-refractivity contribution in [2.45, 2.75) is 24.4 Å². The van der Waals surface area contributed by atoms with Crippen molar-refractivity contribution in [3.05, 3.63) is 24.3 Å². The van der Waals surface area contributed by atoms with E-state index in [-0.39, 0.29) is 12.3 Å². The third kappa shape index (κ3) is 4.20. The fourth-order valence-electron chi connectivity index (χ4n) is 2.58. The van der Waals surface area contributed by atoms with Gasteiger partial charge in [0.25, 0.3) is 0 Å². The van der Waals surface area contributed by atoms with E-state index >= 15 is 0 Å². The first-order chi connectivity index (χ1) is 11.7. The quantitative estimate of drug-likeness (QED) is 0.772. The number of hydrogen-bond acceptors (Lipinski definition) is 4. The number of aliphatic carboxylic acids is 1. The van der Waals surface area contributed by atoms with Crippen molar-refractivity contribution in [3.8, 4) is 5.75 Å². The van der Waals surface area contributed by atoms with Crippen LogP contribution in [0.1, 0.15) is 13.3 Å². The normalized spacial score (nSPS) is 20.6. The zero-order valence-electron chi connectivity index (χ0n) is 13.5. The molecule has 9 heteroatoms. The van der Waals surface area contributed by atoms with E-state index in [9.17, 15) is 22.8 Å². The van der Waals surface area contributed by atoms with Crippen molar-refractivity contribution in [2.24, 2.45) is 5.41 Å². The molecule has 1 aliphatic rings. The summed E-state index contributed by atoms with van der Waals surface area (Å²) in [5.74, 6) is -1.81. The fourth-order valence-corrected chi connectivity index (χ4v) is 3.39. The van der Waals surface area contributed by atoms with E-state index in [1.807, 2.05) is 6.92 Å². The highest BCUT2D eigenvalue weighted by molar-refractivity contribution is 8.00. The van der Waals surface area contributed by atoms with Crippen LogP contribution in [0.5, 0.6) is 5.75 Å². The number of carbonyl (C=O) groups excluding carboxylic acids is 1. The number of amides is 1. The second-order valence-corrected chi connectivity index (χ2v) is 6.69. The molecule has 1 heterocycles. The van der Waals surface area contributed by atoms with Crippen molar-refractivity contribution in [3.63, 3.8) is 0 Å². The Morgan fingerprint density at radius 2 is 1.96 bits per heavy atom. The maximum atomic E-state index is 13.1. The molecular formula is C16H18F3NO4S. The van der Waals surface area contributed by atoms with Gasteiger partial charge in [-0.3, -0.25) is 9.59 Å². The molecule has 1 aliphatic heterocycles. The van der Waals surface area contributed by atoms with Crippen molar-refractivity contribution in [1.29, 1.82) is 0 Å². The molecule has 138 valence electrons. The molecule has 1 atom stereocenters.